The molecule has 3 aromatic carbocycles. The van der Waals surface area contributed by atoms with Crippen LogP contribution in [0.2, 0.25) is 5.02 Å². The summed E-state index contributed by atoms with van der Waals surface area (Å²) in [5.74, 6) is 1.08. The Bertz CT molecular complexity index is 1010. The van der Waals surface area contributed by atoms with Gasteiger partial charge in [-0.25, -0.2) is 4.98 Å². The van der Waals surface area contributed by atoms with Crippen LogP contribution in [0, 0.1) is 0 Å². The second-order valence-corrected chi connectivity index (χ2v) is 6.93. The van der Waals surface area contributed by atoms with Crippen molar-refractivity contribution < 1.29 is 0 Å². The maximum absolute atomic E-state index is 6.37. The fourth-order valence-corrected chi connectivity index (χ4v) is 3.61. The van der Waals surface area contributed by atoms with E-state index in [1.165, 1.54) is 11.1 Å². The van der Waals surface area contributed by atoms with Crippen molar-refractivity contribution in [3.63, 3.8) is 0 Å². The first-order valence-electron chi connectivity index (χ1n) is 9.03. The van der Waals surface area contributed by atoms with Crippen LogP contribution in [0.15, 0.2) is 78.9 Å². The van der Waals surface area contributed by atoms with Gasteiger partial charge < -0.3 is 4.57 Å². The molecule has 1 heterocycles. The normalized spacial score (nSPS) is 11.1. The van der Waals surface area contributed by atoms with Crippen molar-refractivity contribution in [3.8, 4) is 0 Å². The number of fused-ring (bicyclic) bond motifs is 1. The van der Waals surface area contributed by atoms with Crippen molar-refractivity contribution in [2.45, 2.75) is 25.8 Å². The molecular formula is C23H21ClN2. The van der Waals surface area contributed by atoms with Gasteiger partial charge in [-0.15, -0.1) is 0 Å². The van der Waals surface area contributed by atoms with Crippen molar-refractivity contribution >= 4 is 22.6 Å². The summed E-state index contributed by atoms with van der Waals surface area (Å²) in [6.45, 7) is 0.954. The quantitative estimate of drug-likeness (QED) is 0.417. The van der Waals surface area contributed by atoms with Gasteiger partial charge in [-0.05, 0) is 42.2 Å². The third kappa shape index (κ3) is 3.66. The minimum Gasteiger partial charge on any atom is -0.328 e. The fourth-order valence-electron chi connectivity index (χ4n) is 3.41. The maximum Gasteiger partial charge on any atom is 0.114 e. The van der Waals surface area contributed by atoms with Crippen LogP contribution >= 0.6 is 11.6 Å². The molecule has 0 amide bonds. The number of imidazole rings is 1. The van der Waals surface area contributed by atoms with Crippen LogP contribution in [0.1, 0.15) is 23.4 Å². The topological polar surface area (TPSA) is 17.8 Å². The van der Waals surface area contributed by atoms with Gasteiger partial charge in [-0.2, -0.15) is 0 Å². The van der Waals surface area contributed by atoms with E-state index in [1.807, 2.05) is 24.3 Å². The molecule has 0 bridgehead atoms. The molecule has 0 aliphatic heterocycles. The Hall–Kier alpha value is -2.58. The summed E-state index contributed by atoms with van der Waals surface area (Å²) in [6, 6.07) is 27.0. The van der Waals surface area contributed by atoms with Gasteiger partial charge in [-0.1, -0.05) is 72.3 Å². The third-order valence-corrected chi connectivity index (χ3v) is 5.10. The monoisotopic (exact) mass is 360 g/mol. The largest absolute Gasteiger partial charge is 0.328 e. The van der Waals surface area contributed by atoms with E-state index in [1.54, 1.807) is 0 Å². The number of rotatable bonds is 6. The van der Waals surface area contributed by atoms with Gasteiger partial charge in [0.2, 0.25) is 0 Å². The molecule has 26 heavy (non-hydrogen) atoms. The average Bonchev–Trinajstić information content (AvgIpc) is 3.02. The molecule has 0 aliphatic carbocycles. The van der Waals surface area contributed by atoms with Gasteiger partial charge in [0.15, 0.2) is 0 Å². The van der Waals surface area contributed by atoms with Gasteiger partial charge in [0.1, 0.15) is 5.82 Å². The Kier molecular flexibility index (Phi) is 5.03. The zero-order chi connectivity index (χ0) is 17.8. The lowest BCUT2D eigenvalue weighted by Crippen LogP contribution is -2.06. The molecule has 2 nitrogen and oxygen atoms in total. The number of nitrogens with zero attached hydrogens (tertiary/aromatic N) is 2. The number of hydrogen-bond acceptors (Lipinski definition) is 1. The van der Waals surface area contributed by atoms with Crippen LogP contribution in [-0.2, 0) is 19.4 Å². The molecule has 0 saturated carbocycles. The highest BCUT2D eigenvalue weighted by Crippen LogP contribution is 2.23. The molecule has 130 valence electrons. The molecule has 4 rings (SSSR count). The second kappa shape index (κ2) is 7.76. The van der Waals surface area contributed by atoms with Crippen molar-refractivity contribution in [1.82, 2.24) is 9.55 Å². The lowest BCUT2D eigenvalue weighted by Gasteiger charge is -2.10. The van der Waals surface area contributed by atoms with Crippen LogP contribution in [0.4, 0.5) is 0 Å². The lowest BCUT2D eigenvalue weighted by molar-refractivity contribution is 0.632. The summed E-state index contributed by atoms with van der Waals surface area (Å²) in [6.07, 6.45) is 2.90. The molecule has 0 radical (unpaired) electrons. The minimum absolute atomic E-state index is 0.750. The van der Waals surface area contributed by atoms with Gasteiger partial charge >= 0.3 is 0 Å². The van der Waals surface area contributed by atoms with E-state index in [0.29, 0.717) is 0 Å². The van der Waals surface area contributed by atoms with E-state index < -0.39 is 0 Å². The van der Waals surface area contributed by atoms with E-state index in [-0.39, 0.29) is 0 Å². The Morgan fingerprint density at radius 2 is 1.54 bits per heavy atom. The van der Waals surface area contributed by atoms with Crippen molar-refractivity contribution in [2.24, 2.45) is 0 Å². The van der Waals surface area contributed by atoms with E-state index in [4.69, 9.17) is 16.6 Å². The molecule has 4 aromatic rings. The summed E-state index contributed by atoms with van der Waals surface area (Å²) in [5.41, 5.74) is 4.75. The SMILES string of the molecule is Clc1ccccc1Cc1nc2ccccc2n1CCCc1ccccc1. The van der Waals surface area contributed by atoms with Gasteiger partial charge in [0.05, 0.1) is 11.0 Å². The van der Waals surface area contributed by atoms with Crippen molar-refractivity contribution in [2.75, 3.05) is 0 Å². The first kappa shape index (κ1) is 16.9. The molecule has 0 spiro atoms. The Morgan fingerprint density at radius 1 is 0.808 bits per heavy atom. The number of aromatic nitrogens is 2. The standard InChI is InChI=1S/C23H21ClN2/c24-20-13-5-4-12-19(20)17-23-25-21-14-6-7-15-22(21)26(23)16-8-11-18-9-2-1-3-10-18/h1-7,9-10,12-15H,8,11,16-17H2. The Morgan fingerprint density at radius 3 is 2.38 bits per heavy atom. The maximum atomic E-state index is 6.37. The Balaban J connectivity index is 1.60. The van der Waals surface area contributed by atoms with E-state index in [0.717, 1.165) is 47.7 Å². The molecular weight excluding hydrogens is 340 g/mol. The summed E-state index contributed by atoms with van der Waals surface area (Å²) in [7, 11) is 0. The molecule has 0 fully saturated rings. The number of halogens is 1. The van der Waals surface area contributed by atoms with E-state index in [2.05, 4.69) is 59.2 Å². The minimum atomic E-state index is 0.750. The first-order chi connectivity index (χ1) is 12.8. The van der Waals surface area contributed by atoms with Gasteiger partial charge in [-0.3, -0.25) is 0 Å². The van der Waals surface area contributed by atoms with Crippen LogP contribution in [0.3, 0.4) is 0 Å². The average molecular weight is 361 g/mol. The van der Waals surface area contributed by atoms with Gasteiger partial charge in [0, 0.05) is 18.0 Å². The summed E-state index contributed by atoms with van der Waals surface area (Å²) in [4.78, 5) is 4.88. The zero-order valence-electron chi connectivity index (χ0n) is 14.6. The molecule has 0 aliphatic rings. The zero-order valence-corrected chi connectivity index (χ0v) is 15.4. The van der Waals surface area contributed by atoms with Crippen LogP contribution in [-0.4, -0.2) is 9.55 Å². The molecule has 1 aromatic heterocycles. The van der Waals surface area contributed by atoms with Crippen LogP contribution in [0.25, 0.3) is 11.0 Å². The molecule has 0 atom stereocenters. The summed E-state index contributed by atoms with van der Waals surface area (Å²) in [5, 5.41) is 0.801. The second-order valence-electron chi connectivity index (χ2n) is 6.53. The highest BCUT2D eigenvalue weighted by molar-refractivity contribution is 6.31. The van der Waals surface area contributed by atoms with E-state index >= 15 is 0 Å². The number of hydrogen-bond donors (Lipinski definition) is 0. The third-order valence-electron chi connectivity index (χ3n) is 4.73. The Labute approximate surface area is 159 Å². The van der Waals surface area contributed by atoms with Crippen LogP contribution < -0.4 is 0 Å². The van der Waals surface area contributed by atoms with Crippen molar-refractivity contribution in [1.29, 1.82) is 0 Å². The number of benzene rings is 3. The molecule has 0 saturated heterocycles. The van der Waals surface area contributed by atoms with Gasteiger partial charge in [0.25, 0.3) is 0 Å². The highest BCUT2D eigenvalue weighted by Gasteiger charge is 2.12. The number of para-hydroxylation sites is 2. The molecule has 0 unspecified atom stereocenters. The predicted octanol–water partition coefficient (Wildman–Crippen LogP) is 5.91. The van der Waals surface area contributed by atoms with Crippen molar-refractivity contribution in [3.05, 3.63) is 101 Å². The molecule has 0 N–H and O–H groups in total. The fraction of sp³-hybridized carbons (Fsp3) is 0.174. The summed E-state index contributed by atoms with van der Waals surface area (Å²) < 4.78 is 2.35. The predicted molar refractivity (Wildman–Crippen MR) is 109 cm³/mol. The lowest BCUT2D eigenvalue weighted by atomic mass is 10.1. The van der Waals surface area contributed by atoms with Crippen LogP contribution in [0.5, 0.6) is 0 Å². The smallest absolute Gasteiger partial charge is 0.114 e. The first-order valence-corrected chi connectivity index (χ1v) is 9.40. The molecule has 3 heteroatoms. The number of aryl methyl sites for hydroxylation is 2. The highest BCUT2D eigenvalue weighted by atomic mass is 35.5. The van der Waals surface area contributed by atoms with E-state index in [9.17, 15) is 0 Å². The summed E-state index contributed by atoms with van der Waals surface area (Å²) >= 11 is 6.37.